The fourth-order valence-electron chi connectivity index (χ4n) is 2.28. The van der Waals surface area contributed by atoms with Crippen LogP contribution >= 0.6 is 0 Å². The second-order valence-corrected chi connectivity index (χ2v) is 5.43. The first-order valence-electron chi connectivity index (χ1n) is 7.95. The van der Waals surface area contributed by atoms with Crippen molar-refractivity contribution >= 4 is 40.8 Å². The van der Waals surface area contributed by atoms with E-state index < -0.39 is 34.4 Å². The highest BCUT2D eigenvalue weighted by molar-refractivity contribution is 6.44. The Morgan fingerprint density at radius 3 is 2.03 bits per heavy atom. The second-order valence-electron chi connectivity index (χ2n) is 5.43. The third-order valence-electron chi connectivity index (χ3n) is 3.65. The fraction of sp³-hybridized carbons (Fsp3) is 0.111. The van der Waals surface area contributed by atoms with Gasteiger partial charge in [-0.2, -0.15) is 0 Å². The highest BCUT2D eigenvalue weighted by Gasteiger charge is 2.23. The van der Waals surface area contributed by atoms with Crippen molar-refractivity contribution in [1.82, 2.24) is 0 Å². The lowest BCUT2D eigenvalue weighted by Crippen LogP contribution is -2.30. The van der Waals surface area contributed by atoms with Crippen LogP contribution in [0.4, 0.5) is 17.1 Å². The number of nitrogens with zero attached hydrogens (tertiary/aromatic N) is 1. The van der Waals surface area contributed by atoms with Gasteiger partial charge in [0.05, 0.1) is 36.0 Å². The Labute approximate surface area is 163 Å². The SMILES string of the molecule is COC(=O)c1ccc(C(=O)OC)c(NC(=O)C(=O)Nc2ccccc2[N+](=O)[O-])c1. The van der Waals surface area contributed by atoms with Crippen molar-refractivity contribution in [1.29, 1.82) is 0 Å². The van der Waals surface area contributed by atoms with Gasteiger partial charge in [0.25, 0.3) is 5.69 Å². The van der Waals surface area contributed by atoms with Gasteiger partial charge in [-0.05, 0) is 24.3 Å². The molecule has 0 aliphatic rings. The number of amides is 2. The quantitative estimate of drug-likeness (QED) is 0.332. The van der Waals surface area contributed by atoms with E-state index in [1.807, 2.05) is 0 Å². The predicted octanol–water partition coefficient (Wildman–Crippen LogP) is 1.75. The first-order chi connectivity index (χ1) is 13.8. The molecule has 0 aromatic heterocycles. The summed E-state index contributed by atoms with van der Waals surface area (Å²) >= 11 is 0. The van der Waals surface area contributed by atoms with E-state index in [0.717, 1.165) is 26.4 Å². The van der Waals surface area contributed by atoms with Gasteiger partial charge in [-0.25, -0.2) is 9.59 Å². The zero-order valence-electron chi connectivity index (χ0n) is 15.3. The van der Waals surface area contributed by atoms with E-state index >= 15 is 0 Å². The molecular weight excluding hydrogens is 386 g/mol. The Bertz CT molecular complexity index is 1000. The number of nitro benzene ring substituents is 1. The van der Waals surface area contributed by atoms with E-state index in [0.29, 0.717) is 0 Å². The number of hydrogen-bond donors (Lipinski definition) is 2. The van der Waals surface area contributed by atoms with Gasteiger partial charge in [0, 0.05) is 6.07 Å². The number of hydrogen-bond acceptors (Lipinski definition) is 8. The van der Waals surface area contributed by atoms with Crippen LogP contribution in [0.3, 0.4) is 0 Å². The molecule has 2 amide bonds. The number of anilines is 2. The largest absolute Gasteiger partial charge is 0.465 e. The van der Waals surface area contributed by atoms with Crippen molar-refractivity contribution in [2.24, 2.45) is 0 Å². The average molecular weight is 401 g/mol. The van der Waals surface area contributed by atoms with Crippen LogP contribution in [-0.2, 0) is 19.1 Å². The second kappa shape index (κ2) is 9.08. The number of esters is 2. The van der Waals surface area contributed by atoms with Crippen molar-refractivity contribution < 1.29 is 33.6 Å². The summed E-state index contributed by atoms with van der Waals surface area (Å²) < 4.78 is 9.18. The Balaban J connectivity index is 2.29. The molecule has 2 N–H and O–H groups in total. The number of ether oxygens (including phenoxy) is 2. The number of carbonyl (C=O) groups excluding carboxylic acids is 4. The van der Waals surface area contributed by atoms with Gasteiger partial charge in [-0.15, -0.1) is 0 Å². The van der Waals surface area contributed by atoms with E-state index in [1.165, 1.54) is 30.3 Å². The minimum absolute atomic E-state index is 0.00885. The van der Waals surface area contributed by atoms with Crippen molar-refractivity contribution in [2.75, 3.05) is 24.9 Å². The minimum atomic E-state index is -1.23. The van der Waals surface area contributed by atoms with Gasteiger partial charge >= 0.3 is 23.8 Å². The topological polar surface area (TPSA) is 154 Å². The Morgan fingerprint density at radius 2 is 1.45 bits per heavy atom. The molecule has 11 nitrogen and oxygen atoms in total. The molecule has 0 heterocycles. The number of rotatable bonds is 5. The molecule has 0 saturated heterocycles. The zero-order chi connectivity index (χ0) is 21.6. The molecule has 0 fully saturated rings. The predicted molar refractivity (Wildman–Crippen MR) is 99.5 cm³/mol. The summed E-state index contributed by atoms with van der Waals surface area (Å²) in [6.07, 6.45) is 0. The highest BCUT2D eigenvalue weighted by Crippen LogP contribution is 2.23. The molecule has 2 rings (SSSR count). The molecule has 0 aliphatic heterocycles. The van der Waals surface area contributed by atoms with Crippen molar-refractivity contribution in [3.05, 3.63) is 63.7 Å². The van der Waals surface area contributed by atoms with Crippen LogP contribution in [0, 0.1) is 10.1 Å². The molecule has 2 aromatic rings. The first kappa shape index (κ1) is 21.0. The summed E-state index contributed by atoms with van der Waals surface area (Å²) in [6.45, 7) is 0. The van der Waals surface area contributed by atoms with Gasteiger partial charge in [-0.3, -0.25) is 19.7 Å². The lowest BCUT2D eigenvalue weighted by atomic mass is 10.1. The molecule has 0 aliphatic carbocycles. The zero-order valence-corrected chi connectivity index (χ0v) is 15.3. The molecule has 150 valence electrons. The van der Waals surface area contributed by atoms with E-state index in [2.05, 4.69) is 20.1 Å². The summed E-state index contributed by atoms with van der Waals surface area (Å²) in [4.78, 5) is 58.3. The van der Waals surface area contributed by atoms with Crippen LogP contribution in [0.2, 0.25) is 0 Å². The standard InChI is InChI=1S/C18H15N3O8/c1-28-17(24)10-7-8-11(18(25)29-2)13(9-10)20-16(23)15(22)19-12-5-3-4-6-14(12)21(26)27/h3-9H,1-2H3,(H,19,22)(H,20,23). The molecule has 0 spiro atoms. The minimum Gasteiger partial charge on any atom is -0.465 e. The van der Waals surface area contributed by atoms with E-state index in [9.17, 15) is 29.3 Å². The molecular formula is C18H15N3O8. The van der Waals surface area contributed by atoms with Crippen LogP contribution in [0.25, 0.3) is 0 Å². The lowest BCUT2D eigenvalue weighted by Gasteiger charge is -2.11. The third-order valence-corrected chi connectivity index (χ3v) is 3.65. The Morgan fingerprint density at radius 1 is 0.862 bits per heavy atom. The molecule has 2 aromatic carbocycles. The molecule has 0 radical (unpaired) electrons. The maximum atomic E-state index is 12.3. The lowest BCUT2D eigenvalue weighted by molar-refractivity contribution is -0.383. The normalized spacial score (nSPS) is 9.86. The molecule has 11 heteroatoms. The van der Waals surface area contributed by atoms with E-state index in [1.54, 1.807) is 0 Å². The summed E-state index contributed by atoms with van der Waals surface area (Å²) in [5, 5.41) is 15.3. The summed E-state index contributed by atoms with van der Waals surface area (Å²) in [7, 11) is 2.26. The Kier molecular flexibility index (Phi) is 6.58. The van der Waals surface area contributed by atoms with Crippen molar-refractivity contribution in [2.45, 2.75) is 0 Å². The van der Waals surface area contributed by atoms with E-state index in [-0.39, 0.29) is 22.5 Å². The number of nitrogens with one attached hydrogen (secondary N) is 2. The molecule has 0 bridgehead atoms. The number of nitro groups is 1. The van der Waals surface area contributed by atoms with Crippen LogP contribution in [0.15, 0.2) is 42.5 Å². The maximum absolute atomic E-state index is 12.3. The third kappa shape index (κ3) is 4.91. The van der Waals surface area contributed by atoms with Gasteiger partial charge in [0.15, 0.2) is 0 Å². The van der Waals surface area contributed by atoms with Crippen LogP contribution in [0.5, 0.6) is 0 Å². The summed E-state index contributed by atoms with van der Waals surface area (Å²) in [5.41, 5.74) is -0.880. The first-order valence-corrected chi connectivity index (χ1v) is 7.95. The number of para-hydroxylation sites is 2. The highest BCUT2D eigenvalue weighted by atomic mass is 16.6. The van der Waals surface area contributed by atoms with Gasteiger partial charge < -0.3 is 20.1 Å². The molecule has 29 heavy (non-hydrogen) atoms. The molecule has 0 atom stereocenters. The fourth-order valence-corrected chi connectivity index (χ4v) is 2.28. The maximum Gasteiger partial charge on any atom is 0.339 e. The van der Waals surface area contributed by atoms with Gasteiger partial charge in [0.2, 0.25) is 0 Å². The summed E-state index contributed by atoms with van der Waals surface area (Å²) in [5.74, 6) is -4.01. The monoisotopic (exact) mass is 401 g/mol. The number of benzene rings is 2. The van der Waals surface area contributed by atoms with Crippen LogP contribution in [-0.4, -0.2) is 42.9 Å². The van der Waals surface area contributed by atoms with Crippen molar-refractivity contribution in [3.63, 3.8) is 0 Å². The van der Waals surface area contributed by atoms with Crippen LogP contribution < -0.4 is 10.6 Å². The number of carbonyl (C=O) groups is 4. The number of methoxy groups -OCH3 is 2. The van der Waals surface area contributed by atoms with E-state index in [4.69, 9.17) is 0 Å². The smallest absolute Gasteiger partial charge is 0.339 e. The molecule has 0 unspecified atom stereocenters. The van der Waals surface area contributed by atoms with Crippen molar-refractivity contribution in [3.8, 4) is 0 Å². The molecule has 0 saturated carbocycles. The van der Waals surface area contributed by atoms with Gasteiger partial charge in [-0.1, -0.05) is 12.1 Å². The summed E-state index contributed by atoms with van der Waals surface area (Å²) in [6, 6.07) is 8.87. The van der Waals surface area contributed by atoms with Gasteiger partial charge in [0.1, 0.15) is 5.69 Å². The Hall–Kier alpha value is -4.28. The van der Waals surface area contributed by atoms with Crippen LogP contribution in [0.1, 0.15) is 20.7 Å². The average Bonchev–Trinajstić information content (AvgIpc) is 2.72.